The first-order chi connectivity index (χ1) is 8.72. The van der Waals surface area contributed by atoms with Gasteiger partial charge in [-0.2, -0.15) is 5.10 Å². The van der Waals surface area contributed by atoms with Crippen molar-refractivity contribution >= 4 is 0 Å². The van der Waals surface area contributed by atoms with Crippen molar-refractivity contribution in [3.63, 3.8) is 0 Å². The van der Waals surface area contributed by atoms with Gasteiger partial charge in [0.2, 0.25) is 0 Å². The molecule has 94 valence electrons. The van der Waals surface area contributed by atoms with Crippen molar-refractivity contribution < 1.29 is 8.78 Å². The Morgan fingerprint density at radius 3 is 2.78 bits per heavy atom. The van der Waals surface area contributed by atoms with Gasteiger partial charge in [0.1, 0.15) is 11.6 Å². The third-order valence-electron chi connectivity index (χ3n) is 3.14. The molecule has 0 unspecified atom stereocenters. The van der Waals surface area contributed by atoms with Gasteiger partial charge >= 0.3 is 0 Å². The maximum absolute atomic E-state index is 13.1. The molecule has 1 aliphatic rings. The summed E-state index contributed by atoms with van der Waals surface area (Å²) in [7, 11) is 0. The van der Waals surface area contributed by atoms with Crippen LogP contribution >= 0.6 is 0 Å². The highest BCUT2D eigenvalue weighted by Gasteiger charge is 2.14. The molecule has 0 aliphatic carbocycles. The van der Waals surface area contributed by atoms with Crippen LogP contribution in [0.3, 0.4) is 0 Å². The van der Waals surface area contributed by atoms with Gasteiger partial charge in [-0.1, -0.05) is 0 Å². The molecule has 0 fully saturated rings. The highest BCUT2D eigenvalue weighted by molar-refractivity contribution is 5.23. The fourth-order valence-electron chi connectivity index (χ4n) is 2.33. The van der Waals surface area contributed by atoms with E-state index in [1.165, 1.54) is 12.1 Å². The Labute approximate surface area is 103 Å². The predicted molar refractivity (Wildman–Crippen MR) is 63.1 cm³/mol. The second-order valence-corrected chi connectivity index (χ2v) is 4.48. The van der Waals surface area contributed by atoms with E-state index in [4.69, 9.17) is 0 Å². The van der Waals surface area contributed by atoms with Crippen molar-refractivity contribution in [1.29, 1.82) is 0 Å². The molecule has 1 aliphatic heterocycles. The van der Waals surface area contributed by atoms with Gasteiger partial charge in [0.25, 0.3) is 0 Å². The zero-order chi connectivity index (χ0) is 12.5. The first-order valence-electron chi connectivity index (χ1n) is 5.91. The van der Waals surface area contributed by atoms with Gasteiger partial charge in [-0.15, -0.1) is 0 Å². The molecule has 1 aromatic carbocycles. The van der Waals surface area contributed by atoms with E-state index < -0.39 is 11.6 Å². The van der Waals surface area contributed by atoms with Crippen molar-refractivity contribution in [3.05, 3.63) is 52.9 Å². The fraction of sp³-hybridized carbons (Fsp3) is 0.308. The van der Waals surface area contributed by atoms with Crippen LogP contribution in [-0.2, 0) is 19.5 Å². The monoisotopic (exact) mass is 249 g/mol. The van der Waals surface area contributed by atoms with Crippen molar-refractivity contribution in [3.8, 4) is 0 Å². The van der Waals surface area contributed by atoms with Crippen LogP contribution in [0, 0.1) is 11.6 Å². The van der Waals surface area contributed by atoms with Gasteiger partial charge in [-0.3, -0.25) is 4.68 Å². The molecule has 2 heterocycles. The van der Waals surface area contributed by atoms with E-state index >= 15 is 0 Å². The van der Waals surface area contributed by atoms with E-state index in [2.05, 4.69) is 10.4 Å². The Balaban J connectivity index is 1.90. The van der Waals surface area contributed by atoms with Crippen LogP contribution in [-0.4, -0.2) is 16.3 Å². The van der Waals surface area contributed by atoms with E-state index in [9.17, 15) is 8.78 Å². The van der Waals surface area contributed by atoms with Crippen LogP contribution in [0.1, 0.15) is 16.8 Å². The molecule has 0 saturated heterocycles. The maximum Gasteiger partial charge on any atom is 0.126 e. The Hall–Kier alpha value is -1.75. The van der Waals surface area contributed by atoms with Crippen LogP contribution in [0.5, 0.6) is 0 Å². The number of aromatic nitrogens is 2. The number of nitrogens with zero attached hydrogens (tertiary/aromatic N) is 2. The summed E-state index contributed by atoms with van der Waals surface area (Å²) in [5.41, 5.74) is 2.91. The molecule has 3 rings (SSSR count). The second-order valence-electron chi connectivity index (χ2n) is 4.48. The maximum atomic E-state index is 13.1. The van der Waals surface area contributed by atoms with Gasteiger partial charge in [-0.05, 0) is 17.7 Å². The van der Waals surface area contributed by atoms with Gasteiger partial charge < -0.3 is 5.32 Å². The molecule has 0 saturated carbocycles. The van der Waals surface area contributed by atoms with Gasteiger partial charge in [0, 0.05) is 36.8 Å². The number of halogens is 2. The molecule has 5 heteroatoms. The number of benzene rings is 1. The molecule has 0 atom stereocenters. The van der Waals surface area contributed by atoms with Gasteiger partial charge in [-0.25, -0.2) is 8.78 Å². The van der Waals surface area contributed by atoms with Crippen LogP contribution in [0.25, 0.3) is 0 Å². The molecular weight excluding hydrogens is 236 g/mol. The molecule has 0 spiro atoms. The summed E-state index contributed by atoms with van der Waals surface area (Å²) in [5.74, 6) is -1.10. The normalized spacial score (nSPS) is 14.6. The lowest BCUT2D eigenvalue weighted by molar-refractivity contribution is 0.562. The zero-order valence-corrected chi connectivity index (χ0v) is 9.79. The smallest absolute Gasteiger partial charge is 0.126 e. The summed E-state index contributed by atoms with van der Waals surface area (Å²) >= 11 is 0. The third kappa shape index (κ3) is 2.13. The molecule has 1 aromatic heterocycles. The number of rotatable bonds is 2. The standard InChI is InChI=1S/C13H13F2N3/c14-11-3-9(4-12(15)5-11)8-18-13-1-2-16-6-10(13)7-17-18/h3-5,7,16H,1-2,6,8H2. The number of fused-ring (bicyclic) bond motifs is 1. The summed E-state index contributed by atoms with van der Waals surface area (Å²) in [6.45, 7) is 2.13. The molecule has 0 amide bonds. The molecule has 3 nitrogen and oxygen atoms in total. The van der Waals surface area contributed by atoms with Crippen molar-refractivity contribution in [1.82, 2.24) is 15.1 Å². The van der Waals surface area contributed by atoms with E-state index in [1.807, 2.05) is 10.9 Å². The molecule has 0 radical (unpaired) electrons. The van der Waals surface area contributed by atoms with Crippen LogP contribution < -0.4 is 5.32 Å². The minimum absolute atomic E-state index is 0.407. The topological polar surface area (TPSA) is 29.9 Å². The van der Waals surface area contributed by atoms with Crippen LogP contribution in [0.2, 0.25) is 0 Å². The van der Waals surface area contributed by atoms with E-state index in [1.54, 1.807) is 0 Å². The Bertz CT molecular complexity index is 557. The van der Waals surface area contributed by atoms with Gasteiger partial charge in [0.05, 0.1) is 12.7 Å². The molecule has 0 bridgehead atoms. The van der Waals surface area contributed by atoms with Crippen LogP contribution in [0.15, 0.2) is 24.4 Å². The Kier molecular flexibility index (Phi) is 2.83. The lowest BCUT2D eigenvalue weighted by Crippen LogP contribution is -2.24. The van der Waals surface area contributed by atoms with E-state index in [0.717, 1.165) is 36.8 Å². The summed E-state index contributed by atoms with van der Waals surface area (Å²) in [6, 6.07) is 3.57. The molecule has 2 aromatic rings. The van der Waals surface area contributed by atoms with Crippen LogP contribution in [0.4, 0.5) is 8.78 Å². The van der Waals surface area contributed by atoms with Crippen molar-refractivity contribution in [2.24, 2.45) is 0 Å². The lowest BCUT2D eigenvalue weighted by Gasteiger charge is -2.15. The minimum Gasteiger partial charge on any atom is -0.312 e. The molecule has 18 heavy (non-hydrogen) atoms. The number of hydrogen-bond donors (Lipinski definition) is 1. The van der Waals surface area contributed by atoms with Gasteiger partial charge in [0.15, 0.2) is 0 Å². The summed E-state index contributed by atoms with van der Waals surface area (Å²) < 4.78 is 28.1. The quantitative estimate of drug-likeness (QED) is 0.880. The number of hydrogen-bond acceptors (Lipinski definition) is 2. The highest BCUT2D eigenvalue weighted by Crippen LogP contribution is 2.16. The highest BCUT2D eigenvalue weighted by atomic mass is 19.1. The summed E-state index contributed by atoms with van der Waals surface area (Å²) in [5, 5.41) is 7.55. The SMILES string of the molecule is Fc1cc(F)cc(Cn2ncc3c2CCNC3)c1. The number of nitrogens with one attached hydrogen (secondary N) is 1. The second kappa shape index (κ2) is 4.49. The minimum atomic E-state index is -0.548. The average molecular weight is 249 g/mol. The van der Waals surface area contributed by atoms with Crippen molar-refractivity contribution in [2.45, 2.75) is 19.5 Å². The Morgan fingerprint density at radius 1 is 1.22 bits per heavy atom. The first kappa shape index (κ1) is 11.3. The van der Waals surface area contributed by atoms with E-state index in [0.29, 0.717) is 12.1 Å². The predicted octanol–water partition coefficient (Wildman–Crippen LogP) is 1.86. The lowest BCUT2D eigenvalue weighted by atomic mass is 10.1. The average Bonchev–Trinajstić information content (AvgIpc) is 2.72. The first-order valence-corrected chi connectivity index (χ1v) is 5.91. The molecular formula is C13H13F2N3. The Morgan fingerprint density at radius 2 is 2.00 bits per heavy atom. The molecule has 1 N–H and O–H groups in total. The summed E-state index contributed by atoms with van der Waals surface area (Å²) in [4.78, 5) is 0. The largest absolute Gasteiger partial charge is 0.312 e. The fourth-order valence-corrected chi connectivity index (χ4v) is 2.33. The third-order valence-corrected chi connectivity index (χ3v) is 3.14. The zero-order valence-electron chi connectivity index (χ0n) is 9.79. The summed E-state index contributed by atoms with van der Waals surface area (Å²) in [6.07, 6.45) is 2.71. The van der Waals surface area contributed by atoms with E-state index in [-0.39, 0.29) is 0 Å². The van der Waals surface area contributed by atoms with Crippen molar-refractivity contribution in [2.75, 3.05) is 6.54 Å².